The van der Waals surface area contributed by atoms with Crippen molar-refractivity contribution in [2.45, 2.75) is 31.5 Å². The summed E-state index contributed by atoms with van der Waals surface area (Å²) in [5.41, 5.74) is 2.49. The van der Waals surface area contributed by atoms with Gasteiger partial charge in [-0.1, -0.05) is 24.3 Å². The molecule has 0 saturated carbocycles. The van der Waals surface area contributed by atoms with E-state index in [1.54, 1.807) is 0 Å². The minimum Gasteiger partial charge on any atom is -0.370 e. The number of nitrogens with zero attached hydrogens (tertiary/aromatic N) is 1. The highest BCUT2D eigenvalue weighted by Crippen LogP contribution is 2.36. The topological polar surface area (TPSA) is 29.5 Å². The molecule has 102 valence electrons. The zero-order valence-electron chi connectivity index (χ0n) is 11.0. The molecule has 1 aromatic rings. The van der Waals surface area contributed by atoms with Crippen molar-refractivity contribution < 1.29 is 9.53 Å². The number of carbonyl (C=O) groups is 1. The minimum atomic E-state index is -0.0373. The van der Waals surface area contributed by atoms with Crippen molar-refractivity contribution in [3.8, 4) is 0 Å². The van der Waals surface area contributed by atoms with E-state index in [1.807, 2.05) is 24.0 Å². The van der Waals surface area contributed by atoms with Gasteiger partial charge < -0.3 is 9.64 Å². The second-order valence-electron chi connectivity index (χ2n) is 5.42. The molecule has 2 aliphatic rings. The first-order valence-corrected chi connectivity index (χ1v) is 7.30. The predicted molar refractivity (Wildman–Crippen MR) is 74.5 cm³/mol. The number of rotatable bonds is 2. The van der Waals surface area contributed by atoms with E-state index in [0.29, 0.717) is 19.0 Å². The van der Waals surface area contributed by atoms with E-state index in [-0.39, 0.29) is 24.0 Å². The standard InChI is InChI=1S/C15H18ClNO2/c1-10-8-17(9-12(7-16)19-10)15(18)14-6-11-4-2-3-5-13(11)14/h2-5,10,12,14H,6-9H2,1H3. The van der Waals surface area contributed by atoms with Gasteiger partial charge in [0.2, 0.25) is 5.91 Å². The molecule has 0 spiro atoms. The molecule has 1 saturated heterocycles. The van der Waals surface area contributed by atoms with E-state index in [9.17, 15) is 4.79 Å². The maximum Gasteiger partial charge on any atom is 0.230 e. The Labute approximate surface area is 118 Å². The van der Waals surface area contributed by atoms with Gasteiger partial charge in [-0.2, -0.15) is 0 Å². The third kappa shape index (κ3) is 2.37. The molecule has 1 fully saturated rings. The monoisotopic (exact) mass is 279 g/mol. The maximum atomic E-state index is 12.6. The minimum absolute atomic E-state index is 0.0373. The van der Waals surface area contributed by atoms with Crippen LogP contribution in [-0.4, -0.2) is 42.0 Å². The maximum absolute atomic E-state index is 12.6. The van der Waals surface area contributed by atoms with Crippen LogP contribution in [0.3, 0.4) is 0 Å². The molecule has 19 heavy (non-hydrogen) atoms. The van der Waals surface area contributed by atoms with Crippen LogP contribution in [0.5, 0.6) is 0 Å². The fourth-order valence-electron chi connectivity index (χ4n) is 3.01. The van der Waals surface area contributed by atoms with Gasteiger partial charge in [-0.3, -0.25) is 4.79 Å². The highest BCUT2D eigenvalue weighted by atomic mass is 35.5. The molecule has 1 amide bonds. The Kier molecular flexibility index (Phi) is 3.50. The van der Waals surface area contributed by atoms with Gasteiger partial charge in [-0.25, -0.2) is 0 Å². The Morgan fingerprint density at radius 3 is 2.95 bits per heavy atom. The Hall–Kier alpha value is -1.06. The normalized spacial score (nSPS) is 29.6. The molecule has 4 heteroatoms. The molecule has 3 atom stereocenters. The number of hydrogen-bond donors (Lipinski definition) is 0. The summed E-state index contributed by atoms with van der Waals surface area (Å²) in [6.45, 7) is 3.28. The first-order valence-electron chi connectivity index (χ1n) is 6.77. The van der Waals surface area contributed by atoms with Crippen molar-refractivity contribution in [2.75, 3.05) is 19.0 Å². The number of fused-ring (bicyclic) bond motifs is 1. The van der Waals surface area contributed by atoms with Crippen LogP contribution in [0.1, 0.15) is 24.0 Å². The Balaban J connectivity index is 1.72. The SMILES string of the molecule is CC1CN(C(=O)C2Cc3ccccc32)CC(CCl)O1. The van der Waals surface area contributed by atoms with Gasteiger partial charge in [0.25, 0.3) is 0 Å². The molecule has 0 radical (unpaired) electrons. The summed E-state index contributed by atoms with van der Waals surface area (Å²) in [6, 6.07) is 8.19. The van der Waals surface area contributed by atoms with Gasteiger partial charge in [-0.05, 0) is 24.5 Å². The number of hydrogen-bond acceptors (Lipinski definition) is 2. The molecular formula is C15H18ClNO2. The van der Waals surface area contributed by atoms with Gasteiger partial charge >= 0.3 is 0 Å². The van der Waals surface area contributed by atoms with Crippen LogP contribution < -0.4 is 0 Å². The zero-order chi connectivity index (χ0) is 13.4. The number of amides is 1. The van der Waals surface area contributed by atoms with Crippen LogP contribution in [0.2, 0.25) is 0 Å². The molecule has 0 N–H and O–H groups in total. The van der Waals surface area contributed by atoms with Crippen LogP contribution in [0, 0.1) is 0 Å². The van der Waals surface area contributed by atoms with E-state index >= 15 is 0 Å². The zero-order valence-corrected chi connectivity index (χ0v) is 11.8. The van der Waals surface area contributed by atoms with Crippen molar-refractivity contribution in [3.63, 3.8) is 0 Å². The first kappa shape index (κ1) is 12.9. The van der Waals surface area contributed by atoms with Crippen molar-refractivity contribution in [2.24, 2.45) is 0 Å². The quantitative estimate of drug-likeness (QED) is 0.777. The van der Waals surface area contributed by atoms with E-state index < -0.39 is 0 Å². The Bertz CT molecular complexity index is 491. The third-order valence-corrected chi connectivity index (χ3v) is 4.31. The van der Waals surface area contributed by atoms with Crippen LogP contribution in [0.4, 0.5) is 0 Å². The lowest BCUT2D eigenvalue weighted by Crippen LogP contribution is -2.52. The number of ether oxygens (including phenoxy) is 1. The smallest absolute Gasteiger partial charge is 0.230 e. The van der Waals surface area contributed by atoms with Crippen molar-refractivity contribution in [1.29, 1.82) is 0 Å². The molecule has 3 rings (SSSR count). The van der Waals surface area contributed by atoms with E-state index in [0.717, 1.165) is 6.42 Å². The van der Waals surface area contributed by atoms with Gasteiger partial charge in [0.1, 0.15) is 0 Å². The summed E-state index contributed by atoms with van der Waals surface area (Å²) in [5.74, 6) is 0.705. The predicted octanol–water partition coefficient (Wildman–Crippen LogP) is 2.18. The summed E-state index contributed by atoms with van der Waals surface area (Å²) in [4.78, 5) is 14.5. The number of halogens is 1. The first-order chi connectivity index (χ1) is 9.19. The van der Waals surface area contributed by atoms with Crippen LogP contribution in [-0.2, 0) is 16.0 Å². The fraction of sp³-hybridized carbons (Fsp3) is 0.533. The number of morpholine rings is 1. The lowest BCUT2D eigenvalue weighted by Gasteiger charge is -2.40. The Morgan fingerprint density at radius 2 is 2.21 bits per heavy atom. The molecule has 3 nitrogen and oxygen atoms in total. The lowest BCUT2D eigenvalue weighted by atomic mass is 9.76. The summed E-state index contributed by atoms with van der Waals surface area (Å²) in [7, 11) is 0. The summed E-state index contributed by atoms with van der Waals surface area (Å²) in [5, 5.41) is 0. The van der Waals surface area contributed by atoms with E-state index in [1.165, 1.54) is 11.1 Å². The molecule has 1 aromatic carbocycles. The van der Waals surface area contributed by atoms with E-state index in [2.05, 4.69) is 12.1 Å². The highest BCUT2D eigenvalue weighted by molar-refractivity contribution is 6.18. The highest BCUT2D eigenvalue weighted by Gasteiger charge is 2.37. The van der Waals surface area contributed by atoms with Crippen molar-refractivity contribution in [1.82, 2.24) is 4.90 Å². The second-order valence-corrected chi connectivity index (χ2v) is 5.73. The molecule has 3 unspecified atom stereocenters. The fourth-order valence-corrected chi connectivity index (χ4v) is 3.18. The van der Waals surface area contributed by atoms with Crippen LogP contribution in [0.25, 0.3) is 0 Å². The average molecular weight is 280 g/mol. The van der Waals surface area contributed by atoms with Gasteiger partial charge in [-0.15, -0.1) is 11.6 Å². The number of carbonyl (C=O) groups excluding carboxylic acids is 1. The lowest BCUT2D eigenvalue weighted by molar-refractivity contribution is -0.145. The average Bonchev–Trinajstić information content (AvgIpc) is 2.39. The van der Waals surface area contributed by atoms with Gasteiger partial charge in [0, 0.05) is 13.1 Å². The molecular weight excluding hydrogens is 262 g/mol. The van der Waals surface area contributed by atoms with Gasteiger partial charge in [0.05, 0.1) is 24.0 Å². The second kappa shape index (κ2) is 5.14. The third-order valence-electron chi connectivity index (χ3n) is 3.96. The number of benzene rings is 1. The Morgan fingerprint density at radius 1 is 1.42 bits per heavy atom. The number of alkyl halides is 1. The largest absolute Gasteiger partial charge is 0.370 e. The summed E-state index contributed by atoms with van der Waals surface area (Å²) >= 11 is 5.86. The van der Waals surface area contributed by atoms with Crippen LogP contribution >= 0.6 is 11.6 Å². The van der Waals surface area contributed by atoms with Crippen LogP contribution in [0.15, 0.2) is 24.3 Å². The van der Waals surface area contributed by atoms with Crippen molar-refractivity contribution in [3.05, 3.63) is 35.4 Å². The molecule has 1 aliphatic heterocycles. The molecule has 0 aromatic heterocycles. The molecule has 1 aliphatic carbocycles. The van der Waals surface area contributed by atoms with Gasteiger partial charge in [0.15, 0.2) is 0 Å². The van der Waals surface area contributed by atoms with E-state index in [4.69, 9.17) is 16.3 Å². The summed E-state index contributed by atoms with van der Waals surface area (Å²) < 4.78 is 5.69. The summed E-state index contributed by atoms with van der Waals surface area (Å²) in [6.07, 6.45) is 0.896. The molecule has 0 bridgehead atoms. The van der Waals surface area contributed by atoms with Crippen molar-refractivity contribution >= 4 is 17.5 Å². The molecule has 1 heterocycles.